The number of aromatic nitrogens is 4. The summed E-state index contributed by atoms with van der Waals surface area (Å²) >= 11 is 5.19. The summed E-state index contributed by atoms with van der Waals surface area (Å²) in [7, 11) is 1.94. The van der Waals surface area contributed by atoms with Crippen LogP contribution in [0, 0.1) is 10.6 Å². The molecule has 0 aliphatic rings. The minimum absolute atomic E-state index is 0.581. The Morgan fingerprint density at radius 1 is 1.47 bits per heavy atom. The van der Waals surface area contributed by atoms with Gasteiger partial charge in [0.15, 0.2) is 11.6 Å². The van der Waals surface area contributed by atoms with Crippen LogP contribution in [0.4, 0.5) is 0 Å². The molecule has 0 saturated carbocycles. The predicted molar refractivity (Wildman–Crippen MR) is 70.2 cm³/mol. The van der Waals surface area contributed by atoms with Crippen molar-refractivity contribution >= 4 is 12.2 Å². The van der Waals surface area contributed by atoms with Crippen LogP contribution in [0.1, 0.15) is 19.5 Å². The van der Waals surface area contributed by atoms with Crippen LogP contribution in [-0.4, -0.2) is 19.5 Å². The molecule has 0 aliphatic heterocycles. The molecule has 17 heavy (non-hydrogen) atoms. The molecule has 2 aromatic rings. The minimum Gasteiger partial charge on any atom is -0.341 e. The SMILES string of the molecule is CC(C)Cc1cc(=S)nc(-c2nccn2C)[nH]1. The topological polar surface area (TPSA) is 46.5 Å². The van der Waals surface area contributed by atoms with Gasteiger partial charge in [0.1, 0.15) is 4.64 Å². The molecule has 0 amide bonds. The smallest absolute Gasteiger partial charge is 0.175 e. The van der Waals surface area contributed by atoms with Gasteiger partial charge < -0.3 is 9.55 Å². The summed E-state index contributed by atoms with van der Waals surface area (Å²) in [6.45, 7) is 4.36. The third-order valence-electron chi connectivity index (χ3n) is 2.46. The fourth-order valence-electron chi connectivity index (χ4n) is 1.76. The molecule has 0 spiro atoms. The first-order valence-electron chi connectivity index (χ1n) is 5.64. The van der Waals surface area contributed by atoms with Crippen molar-refractivity contribution in [3.63, 3.8) is 0 Å². The molecule has 1 N–H and O–H groups in total. The lowest BCUT2D eigenvalue weighted by atomic mass is 10.1. The lowest BCUT2D eigenvalue weighted by molar-refractivity contribution is 0.634. The molecule has 2 rings (SSSR count). The number of imidazole rings is 1. The molecule has 5 heteroatoms. The van der Waals surface area contributed by atoms with E-state index in [1.165, 1.54) is 0 Å². The Kier molecular flexibility index (Phi) is 3.38. The summed E-state index contributed by atoms with van der Waals surface area (Å²) in [6, 6.07) is 1.92. The zero-order valence-corrected chi connectivity index (χ0v) is 11.1. The molecule has 2 heterocycles. The Bertz CT molecular complexity index is 568. The van der Waals surface area contributed by atoms with E-state index in [2.05, 4.69) is 28.8 Å². The maximum absolute atomic E-state index is 5.19. The molecule has 90 valence electrons. The van der Waals surface area contributed by atoms with E-state index in [1.807, 2.05) is 23.9 Å². The molecule has 0 atom stereocenters. The van der Waals surface area contributed by atoms with Gasteiger partial charge in [-0.25, -0.2) is 9.97 Å². The Labute approximate surface area is 106 Å². The first-order valence-corrected chi connectivity index (χ1v) is 6.05. The molecule has 0 fully saturated rings. The average Bonchev–Trinajstić information content (AvgIpc) is 2.62. The predicted octanol–water partition coefficient (Wildman–Crippen LogP) is 2.74. The lowest BCUT2D eigenvalue weighted by Crippen LogP contribution is -2.03. The minimum atomic E-state index is 0.581. The van der Waals surface area contributed by atoms with Crippen LogP contribution < -0.4 is 0 Å². The highest BCUT2D eigenvalue weighted by Gasteiger charge is 2.07. The molecule has 0 aromatic carbocycles. The second-order valence-electron chi connectivity index (χ2n) is 4.55. The van der Waals surface area contributed by atoms with Crippen molar-refractivity contribution in [2.24, 2.45) is 13.0 Å². The summed E-state index contributed by atoms with van der Waals surface area (Å²) in [6.07, 6.45) is 4.61. The quantitative estimate of drug-likeness (QED) is 0.850. The fourth-order valence-corrected chi connectivity index (χ4v) is 1.99. The number of nitrogens with one attached hydrogen (secondary N) is 1. The van der Waals surface area contributed by atoms with Crippen LogP contribution in [0.3, 0.4) is 0 Å². The first kappa shape index (κ1) is 12.0. The maximum Gasteiger partial charge on any atom is 0.175 e. The van der Waals surface area contributed by atoms with Crippen LogP contribution in [0.15, 0.2) is 18.5 Å². The highest BCUT2D eigenvalue weighted by molar-refractivity contribution is 7.71. The first-order chi connectivity index (χ1) is 8.06. The molecule has 2 aromatic heterocycles. The van der Waals surface area contributed by atoms with Crippen LogP contribution in [-0.2, 0) is 13.5 Å². The van der Waals surface area contributed by atoms with Gasteiger partial charge in [0.05, 0.1) is 0 Å². The van der Waals surface area contributed by atoms with E-state index in [0.29, 0.717) is 10.6 Å². The monoisotopic (exact) mass is 248 g/mol. The number of hydrogen-bond acceptors (Lipinski definition) is 3. The van der Waals surface area contributed by atoms with Crippen molar-refractivity contribution in [1.29, 1.82) is 0 Å². The zero-order valence-electron chi connectivity index (χ0n) is 10.3. The van der Waals surface area contributed by atoms with E-state index in [-0.39, 0.29) is 0 Å². The van der Waals surface area contributed by atoms with Crippen molar-refractivity contribution in [1.82, 2.24) is 19.5 Å². The third kappa shape index (κ3) is 2.79. The van der Waals surface area contributed by atoms with E-state index in [4.69, 9.17) is 12.2 Å². The summed E-state index contributed by atoms with van der Waals surface area (Å²) < 4.78 is 2.53. The second kappa shape index (κ2) is 4.79. The summed E-state index contributed by atoms with van der Waals surface area (Å²) in [5, 5.41) is 0. The Morgan fingerprint density at radius 3 is 2.82 bits per heavy atom. The fraction of sp³-hybridized carbons (Fsp3) is 0.417. The van der Waals surface area contributed by atoms with Gasteiger partial charge in [0, 0.05) is 25.1 Å². The van der Waals surface area contributed by atoms with Crippen molar-refractivity contribution in [3.8, 4) is 11.6 Å². The van der Waals surface area contributed by atoms with Crippen molar-refractivity contribution in [2.45, 2.75) is 20.3 Å². The van der Waals surface area contributed by atoms with Gasteiger partial charge >= 0.3 is 0 Å². The largest absolute Gasteiger partial charge is 0.341 e. The molecule has 4 nitrogen and oxygen atoms in total. The summed E-state index contributed by atoms with van der Waals surface area (Å²) in [5.41, 5.74) is 1.11. The van der Waals surface area contributed by atoms with Crippen LogP contribution in [0.25, 0.3) is 11.6 Å². The van der Waals surface area contributed by atoms with Gasteiger partial charge in [0.2, 0.25) is 0 Å². The number of aryl methyl sites for hydroxylation is 1. The number of H-pyrrole nitrogens is 1. The Morgan fingerprint density at radius 2 is 2.24 bits per heavy atom. The van der Waals surface area contributed by atoms with Crippen LogP contribution in [0.2, 0.25) is 0 Å². The third-order valence-corrected chi connectivity index (χ3v) is 2.67. The van der Waals surface area contributed by atoms with Gasteiger partial charge in [-0.2, -0.15) is 0 Å². The van der Waals surface area contributed by atoms with E-state index in [1.54, 1.807) is 6.20 Å². The second-order valence-corrected chi connectivity index (χ2v) is 4.97. The van der Waals surface area contributed by atoms with E-state index in [0.717, 1.165) is 23.8 Å². The van der Waals surface area contributed by atoms with Gasteiger partial charge in [-0.05, 0) is 18.4 Å². The van der Waals surface area contributed by atoms with Crippen molar-refractivity contribution in [2.75, 3.05) is 0 Å². The van der Waals surface area contributed by atoms with Crippen molar-refractivity contribution < 1.29 is 0 Å². The summed E-state index contributed by atoms with van der Waals surface area (Å²) in [4.78, 5) is 11.9. The van der Waals surface area contributed by atoms with Gasteiger partial charge in [-0.15, -0.1) is 0 Å². The lowest BCUT2D eigenvalue weighted by Gasteiger charge is -2.07. The molecule has 0 radical (unpaired) electrons. The number of rotatable bonds is 3. The van der Waals surface area contributed by atoms with Crippen molar-refractivity contribution in [3.05, 3.63) is 28.8 Å². The number of nitrogens with zero attached hydrogens (tertiary/aromatic N) is 3. The van der Waals surface area contributed by atoms with Gasteiger partial charge in [-0.3, -0.25) is 0 Å². The van der Waals surface area contributed by atoms with Crippen LogP contribution >= 0.6 is 12.2 Å². The standard InChI is InChI=1S/C12H16N4S/c1-8(2)6-9-7-10(17)15-11(14-9)12-13-4-5-16(12)3/h4-5,7-8H,6H2,1-3H3,(H,14,15,17). The highest BCUT2D eigenvalue weighted by atomic mass is 32.1. The van der Waals surface area contributed by atoms with Crippen LogP contribution in [0.5, 0.6) is 0 Å². The molecular formula is C12H16N4S. The maximum atomic E-state index is 5.19. The molecule has 0 aliphatic carbocycles. The Hall–Kier alpha value is -1.49. The highest BCUT2D eigenvalue weighted by Crippen LogP contribution is 2.13. The molecular weight excluding hydrogens is 232 g/mol. The zero-order chi connectivity index (χ0) is 12.4. The summed E-state index contributed by atoms with van der Waals surface area (Å²) in [5.74, 6) is 2.12. The molecule has 0 unspecified atom stereocenters. The molecule has 0 bridgehead atoms. The average molecular weight is 248 g/mol. The van der Waals surface area contributed by atoms with E-state index < -0.39 is 0 Å². The number of hydrogen-bond donors (Lipinski definition) is 1. The van der Waals surface area contributed by atoms with Gasteiger partial charge in [-0.1, -0.05) is 26.1 Å². The van der Waals surface area contributed by atoms with E-state index in [9.17, 15) is 0 Å². The molecule has 0 saturated heterocycles. The van der Waals surface area contributed by atoms with E-state index >= 15 is 0 Å². The normalized spacial score (nSPS) is 11.1. The Balaban J connectivity index is 2.45. The van der Waals surface area contributed by atoms with Gasteiger partial charge in [0.25, 0.3) is 0 Å². The number of aromatic amines is 1.